The van der Waals surface area contributed by atoms with E-state index in [9.17, 15) is 0 Å². The van der Waals surface area contributed by atoms with Gasteiger partial charge in [-0.2, -0.15) is 0 Å². The molecule has 1 aliphatic heterocycles. The molecule has 0 amide bonds. The fraction of sp³-hybridized carbons (Fsp3) is 1.00. The van der Waals surface area contributed by atoms with E-state index in [0.29, 0.717) is 5.41 Å². The van der Waals surface area contributed by atoms with E-state index in [2.05, 4.69) is 24.4 Å². The molecule has 2 heteroatoms. The molecule has 0 saturated carbocycles. The molecule has 1 fully saturated rings. The minimum atomic E-state index is 0.541. The lowest BCUT2D eigenvalue weighted by Crippen LogP contribution is -2.27. The van der Waals surface area contributed by atoms with Gasteiger partial charge >= 0.3 is 0 Å². The van der Waals surface area contributed by atoms with Crippen LogP contribution in [0.1, 0.15) is 33.1 Å². The lowest BCUT2D eigenvalue weighted by atomic mass is 9.88. The maximum Gasteiger partial charge on any atom is 0.0141 e. The fourth-order valence-electron chi connectivity index (χ4n) is 1.68. The Bertz CT molecular complexity index is 123. The van der Waals surface area contributed by atoms with Crippen molar-refractivity contribution in [1.82, 2.24) is 4.31 Å². The SMILES string of the molecule is CSN1CCCCC(C)(C)C1. The summed E-state index contributed by atoms with van der Waals surface area (Å²) in [5.41, 5.74) is 0.541. The maximum atomic E-state index is 2.49. The lowest BCUT2D eigenvalue weighted by Gasteiger charge is -2.27. The topological polar surface area (TPSA) is 3.24 Å². The Hall–Kier alpha value is 0.310. The molecule has 1 heterocycles. The van der Waals surface area contributed by atoms with Gasteiger partial charge in [-0.1, -0.05) is 32.2 Å². The molecule has 0 N–H and O–H groups in total. The molecule has 66 valence electrons. The Kier molecular flexibility index (Phi) is 3.26. The van der Waals surface area contributed by atoms with Crippen LogP contribution in [-0.4, -0.2) is 23.7 Å². The van der Waals surface area contributed by atoms with Crippen LogP contribution in [0, 0.1) is 5.41 Å². The quantitative estimate of drug-likeness (QED) is 0.561. The van der Waals surface area contributed by atoms with Gasteiger partial charge in [0, 0.05) is 13.1 Å². The van der Waals surface area contributed by atoms with Gasteiger partial charge in [-0.05, 0) is 24.5 Å². The van der Waals surface area contributed by atoms with Gasteiger partial charge in [0.25, 0.3) is 0 Å². The molecule has 0 aromatic rings. The Morgan fingerprint density at radius 2 is 2.00 bits per heavy atom. The van der Waals surface area contributed by atoms with Gasteiger partial charge in [-0.25, -0.2) is 0 Å². The zero-order valence-corrected chi connectivity index (χ0v) is 8.71. The van der Waals surface area contributed by atoms with Crippen LogP contribution >= 0.6 is 11.9 Å². The van der Waals surface area contributed by atoms with E-state index in [4.69, 9.17) is 0 Å². The van der Waals surface area contributed by atoms with E-state index in [1.807, 2.05) is 11.9 Å². The largest absolute Gasteiger partial charge is 0.250 e. The summed E-state index contributed by atoms with van der Waals surface area (Å²) in [4.78, 5) is 0. The first-order chi connectivity index (χ1) is 5.14. The first-order valence-corrected chi connectivity index (χ1v) is 5.61. The molecule has 1 rings (SSSR count). The van der Waals surface area contributed by atoms with Crippen LogP contribution in [0.15, 0.2) is 0 Å². The van der Waals surface area contributed by atoms with Crippen LogP contribution in [0.5, 0.6) is 0 Å². The second-order valence-electron chi connectivity index (χ2n) is 4.17. The standard InChI is InChI=1S/C9H19NS/c1-9(2)6-4-5-7-10(8-9)11-3/h4-8H2,1-3H3. The molecular weight excluding hydrogens is 154 g/mol. The molecule has 1 aliphatic rings. The van der Waals surface area contributed by atoms with Crippen LogP contribution < -0.4 is 0 Å². The number of rotatable bonds is 1. The molecule has 0 atom stereocenters. The maximum absolute atomic E-state index is 2.49. The molecule has 1 saturated heterocycles. The van der Waals surface area contributed by atoms with Crippen molar-refractivity contribution in [2.45, 2.75) is 33.1 Å². The van der Waals surface area contributed by atoms with Crippen LogP contribution in [0.3, 0.4) is 0 Å². The third kappa shape index (κ3) is 3.04. The van der Waals surface area contributed by atoms with E-state index in [1.54, 1.807) is 0 Å². The molecule has 0 radical (unpaired) electrons. The second-order valence-corrected chi connectivity index (χ2v) is 5.05. The molecule has 0 aromatic heterocycles. The van der Waals surface area contributed by atoms with Gasteiger partial charge in [0.2, 0.25) is 0 Å². The van der Waals surface area contributed by atoms with E-state index < -0.39 is 0 Å². The second kappa shape index (κ2) is 3.81. The average molecular weight is 173 g/mol. The summed E-state index contributed by atoms with van der Waals surface area (Å²) in [6.45, 7) is 7.29. The van der Waals surface area contributed by atoms with Crippen LogP contribution in [0.25, 0.3) is 0 Å². The molecule has 11 heavy (non-hydrogen) atoms. The molecule has 0 unspecified atom stereocenters. The van der Waals surface area contributed by atoms with Crippen molar-refractivity contribution in [3.63, 3.8) is 0 Å². The monoisotopic (exact) mass is 173 g/mol. The van der Waals surface area contributed by atoms with Crippen molar-refractivity contribution >= 4 is 11.9 Å². The lowest BCUT2D eigenvalue weighted by molar-refractivity contribution is 0.286. The summed E-state index contributed by atoms with van der Waals surface area (Å²) in [5.74, 6) is 0. The van der Waals surface area contributed by atoms with Crippen molar-refractivity contribution in [3.8, 4) is 0 Å². The number of hydrogen-bond donors (Lipinski definition) is 0. The summed E-state index contributed by atoms with van der Waals surface area (Å²) in [7, 11) is 0. The highest BCUT2D eigenvalue weighted by Crippen LogP contribution is 2.29. The number of hydrogen-bond acceptors (Lipinski definition) is 2. The smallest absolute Gasteiger partial charge is 0.0141 e. The molecular formula is C9H19NS. The van der Waals surface area contributed by atoms with Crippen molar-refractivity contribution in [3.05, 3.63) is 0 Å². The summed E-state index contributed by atoms with van der Waals surface area (Å²) in [6, 6.07) is 0. The highest BCUT2D eigenvalue weighted by molar-refractivity contribution is 7.96. The Balaban J connectivity index is 2.47. The van der Waals surface area contributed by atoms with Crippen LogP contribution in [0.2, 0.25) is 0 Å². The molecule has 0 bridgehead atoms. The van der Waals surface area contributed by atoms with Gasteiger partial charge in [0.1, 0.15) is 0 Å². The number of nitrogens with zero attached hydrogens (tertiary/aromatic N) is 1. The Morgan fingerprint density at radius 3 is 2.64 bits per heavy atom. The third-order valence-corrected chi connectivity index (χ3v) is 3.20. The summed E-state index contributed by atoms with van der Waals surface area (Å²) < 4.78 is 2.49. The third-order valence-electron chi connectivity index (χ3n) is 2.37. The highest BCUT2D eigenvalue weighted by Gasteiger charge is 2.23. The zero-order valence-electron chi connectivity index (χ0n) is 7.89. The molecule has 1 nitrogen and oxygen atoms in total. The van der Waals surface area contributed by atoms with Crippen LogP contribution in [-0.2, 0) is 0 Å². The predicted octanol–water partition coefficient (Wildman–Crippen LogP) is 2.78. The summed E-state index contributed by atoms with van der Waals surface area (Å²) in [5, 5.41) is 0. The van der Waals surface area contributed by atoms with E-state index >= 15 is 0 Å². The van der Waals surface area contributed by atoms with Crippen molar-refractivity contribution in [2.75, 3.05) is 19.3 Å². The van der Waals surface area contributed by atoms with Gasteiger partial charge in [0.15, 0.2) is 0 Å². The molecule has 0 aromatic carbocycles. The van der Waals surface area contributed by atoms with Gasteiger partial charge in [-0.15, -0.1) is 0 Å². The Morgan fingerprint density at radius 1 is 1.27 bits per heavy atom. The first kappa shape index (κ1) is 9.40. The van der Waals surface area contributed by atoms with Gasteiger partial charge < -0.3 is 0 Å². The van der Waals surface area contributed by atoms with Gasteiger partial charge in [-0.3, -0.25) is 4.31 Å². The van der Waals surface area contributed by atoms with Crippen molar-refractivity contribution in [1.29, 1.82) is 0 Å². The normalized spacial score (nSPS) is 26.5. The predicted molar refractivity (Wildman–Crippen MR) is 52.7 cm³/mol. The van der Waals surface area contributed by atoms with E-state index in [-0.39, 0.29) is 0 Å². The van der Waals surface area contributed by atoms with E-state index in [1.165, 1.54) is 32.4 Å². The van der Waals surface area contributed by atoms with Crippen molar-refractivity contribution < 1.29 is 0 Å². The van der Waals surface area contributed by atoms with E-state index in [0.717, 1.165) is 0 Å². The van der Waals surface area contributed by atoms with Crippen molar-refractivity contribution in [2.24, 2.45) is 5.41 Å². The minimum Gasteiger partial charge on any atom is -0.250 e. The first-order valence-electron chi connectivity index (χ1n) is 4.43. The zero-order chi connectivity index (χ0) is 8.32. The fourth-order valence-corrected chi connectivity index (χ4v) is 2.47. The highest BCUT2D eigenvalue weighted by atomic mass is 32.2. The molecule has 0 aliphatic carbocycles. The Labute approximate surface area is 74.7 Å². The van der Waals surface area contributed by atoms with Crippen LogP contribution in [0.4, 0.5) is 0 Å². The summed E-state index contributed by atoms with van der Waals surface area (Å²) >= 11 is 1.89. The van der Waals surface area contributed by atoms with Gasteiger partial charge in [0.05, 0.1) is 0 Å². The summed E-state index contributed by atoms with van der Waals surface area (Å²) in [6.07, 6.45) is 6.36. The minimum absolute atomic E-state index is 0.541. The molecule has 0 spiro atoms. The average Bonchev–Trinajstić information content (AvgIpc) is 2.10.